The third kappa shape index (κ3) is 3.31. The molecular formula is C24H33N4O2+. The van der Waals surface area contributed by atoms with Gasteiger partial charge in [0.2, 0.25) is 11.8 Å². The van der Waals surface area contributed by atoms with E-state index in [9.17, 15) is 9.59 Å². The van der Waals surface area contributed by atoms with Crippen molar-refractivity contribution in [2.24, 2.45) is 5.92 Å². The molecule has 1 aromatic heterocycles. The Morgan fingerprint density at radius 1 is 1.07 bits per heavy atom. The Bertz CT molecular complexity index is 1010. The molecule has 0 aliphatic carbocycles. The fraction of sp³-hybridized carbons (Fsp3) is 0.583. The monoisotopic (exact) mass is 409 g/mol. The summed E-state index contributed by atoms with van der Waals surface area (Å²) in [4.78, 5) is 33.6. The second-order valence-electron chi connectivity index (χ2n) is 11.0. The Hall–Kier alpha value is -2.34. The highest BCUT2D eigenvalue weighted by molar-refractivity contribution is 5.96. The minimum absolute atomic E-state index is 0.0739. The first-order chi connectivity index (χ1) is 14.1. The smallest absolute Gasteiger partial charge is 0.246 e. The number of nitrogens with two attached hydrogens (primary N) is 1. The molecule has 30 heavy (non-hydrogen) atoms. The maximum Gasteiger partial charge on any atom is 0.246 e. The van der Waals surface area contributed by atoms with Crippen molar-refractivity contribution in [2.45, 2.75) is 70.6 Å². The minimum Gasteiger partial charge on any atom is -0.357 e. The number of rotatable bonds is 2. The molecule has 6 heteroatoms. The molecule has 3 aliphatic rings. The van der Waals surface area contributed by atoms with Crippen LogP contribution in [0.5, 0.6) is 0 Å². The molecule has 2 saturated heterocycles. The number of aromatic amines is 1. The lowest BCUT2D eigenvalue weighted by atomic mass is 9.75. The first-order valence-corrected chi connectivity index (χ1v) is 11.2. The highest BCUT2D eigenvalue weighted by atomic mass is 16.2. The molecule has 2 aromatic rings. The molecule has 3 aliphatic heterocycles. The number of piperidine rings is 1. The number of aromatic nitrogens is 1. The van der Waals surface area contributed by atoms with Crippen LogP contribution >= 0.6 is 0 Å². The van der Waals surface area contributed by atoms with Gasteiger partial charge in [0.1, 0.15) is 6.04 Å². The number of carbonyl (C=O) groups excluding carboxylic acids is 2. The molecule has 0 radical (unpaired) electrons. The predicted molar refractivity (Wildman–Crippen MR) is 116 cm³/mol. The number of piperazine rings is 1. The van der Waals surface area contributed by atoms with E-state index >= 15 is 0 Å². The lowest BCUT2D eigenvalue weighted by molar-refractivity contribution is -0.789. The lowest BCUT2D eigenvalue weighted by Gasteiger charge is -2.47. The molecule has 0 spiro atoms. The zero-order valence-corrected chi connectivity index (χ0v) is 18.5. The first kappa shape index (κ1) is 19.6. The zero-order valence-electron chi connectivity index (χ0n) is 18.5. The second-order valence-corrected chi connectivity index (χ2v) is 11.0. The molecule has 1 atom stereocenters. The number of amides is 2. The van der Waals surface area contributed by atoms with Gasteiger partial charge >= 0.3 is 0 Å². The van der Waals surface area contributed by atoms with Gasteiger partial charge in [0, 0.05) is 42.4 Å². The molecule has 1 aromatic carbocycles. The highest BCUT2D eigenvalue weighted by Gasteiger charge is 2.46. The Morgan fingerprint density at radius 3 is 2.50 bits per heavy atom. The van der Waals surface area contributed by atoms with Crippen LogP contribution in [-0.4, -0.2) is 56.8 Å². The summed E-state index contributed by atoms with van der Waals surface area (Å²) in [6.07, 6.45) is 2.74. The fourth-order valence-electron chi connectivity index (χ4n) is 6.56. The highest BCUT2D eigenvalue weighted by Crippen LogP contribution is 2.34. The summed E-state index contributed by atoms with van der Waals surface area (Å²) in [5.41, 5.74) is 3.68. The number of H-pyrrole nitrogens is 1. The number of nitrogens with one attached hydrogen (secondary N) is 1. The van der Waals surface area contributed by atoms with Gasteiger partial charge in [-0.1, -0.05) is 18.2 Å². The Balaban J connectivity index is 1.39. The average Bonchev–Trinajstić information content (AvgIpc) is 3.00. The van der Waals surface area contributed by atoms with Crippen molar-refractivity contribution in [3.8, 4) is 0 Å². The molecule has 160 valence electrons. The van der Waals surface area contributed by atoms with E-state index in [0.717, 1.165) is 24.1 Å². The van der Waals surface area contributed by atoms with Gasteiger partial charge in [-0.15, -0.1) is 0 Å². The molecule has 5 rings (SSSR count). The lowest BCUT2D eigenvalue weighted by Crippen LogP contribution is -3.05. The molecule has 2 fully saturated rings. The third-order valence-corrected chi connectivity index (χ3v) is 7.14. The SMILES string of the molecule is CC1(C)CC(CN2CC(=O)N3Cc4[nH]c5ccccc5c4C[C@@H]3C2=O)CC(C)(C)[NH2+]1. The molecule has 0 saturated carbocycles. The number of quaternary nitrogens is 1. The van der Waals surface area contributed by atoms with Crippen LogP contribution < -0.4 is 5.32 Å². The van der Waals surface area contributed by atoms with Crippen LogP contribution in [0.1, 0.15) is 51.8 Å². The van der Waals surface area contributed by atoms with Gasteiger partial charge in [-0.05, 0) is 45.2 Å². The fourth-order valence-corrected chi connectivity index (χ4v) is 6.56. The van der Waals surface area contributed by atoms with Crippen LogP contribution in [0.4, 0.5) is 0 Å². The number of nitrogens with zero attached hydrogens (tertiary/aromatic N) is 2. The minimum atomic E-state index is -0.367. The van der Waals surface area contributed by atoms with Crippen LogP contribution in [0.2, 0.25) is 0 Å². The van der Waals surface area contributed by atoms with E-state index < -0.39 is 0 Å². The van der Waals surface area contributed by atoms with Gasteiger partial charge < -0.3 is 20.1 Å². The van der Waals surface area contributed by atoms with Crippen molar-refractivity contribution in [2.75, 3.05) is 13.1 Å². The molecule has 0 bridgehead atoms. The molecule has 4 heterocycles. The van der Waals surface area contributed by atoms with Gasteiger partial charge in [-0.3, -0.25) is 9.59 Å². The van der Waals surface area contributed by atoms with Gasteiger partial charge in [-0.2, -0.15) is 0 Å². The first-order valence-electron chi connectivity index (χ1n) is 11.2. The van der Waals surface area contributed by atoms with Crippen molar-refractivity contribution >= 4 is 22.7 Å². The van der Waals surface area contributed by atoms with E-state index in [1.807, 2.05) is 17.0 Å². The summed E-state index contributed by atoms with van der Waals surface area (Å²) >= 11 is 0. The number of hydrogen-bond donors (Lipinski definition) is 2. The molecule has 0 unspecified atom stereocenters. The summed E-state index contributed by atoms with van der Waals surface area (Å²) in [6.45, 7) is 10.5. The van der Waals surface area contributed by atoms with Crippen LogP contribution in [0.3, 0.4) is 0 Å². The number of hydrogen-bond acceptors (Lipinski definition) is 2. The summed E-state index contributed by atoms with van der Waals surface area (Å²) < 4.78 is 0. The van der Waals surface area contributed by atoms with Crippen molar-refractivity contribution in [1.82, 2.24) is 14.8 Å². The van der Waals surface area contributed by atoms with Crippen molar-refractivity contribution in [3.63, 3.8) is 0 Å². The summed E-state index contributed by atoms with van der Waals surface area (Å²) in [7, 11) is 0. The van der Waals surface area contributed by atoms with E-state index in [1.165, 1.54) is 10.9 Å². The van der Waals surface area contributed by atoms with E-state index in [2.05, 4.69) is 50.1 Å². The standard InChI is InChI=1S/C24H32N4O2/c1-23(2)10-15(11-24(3,4)26-23)12-27-14-21(29)28-13-19-17(9-20(28)22(27)30)16-7-5-6-8-18(16)25-19/h5-8,15,20,25-26H,9-14H2,1-4H3/p+1/t20-/m1/s1. The van der Waals surface area contributed by atoms with E-state index in [4.69, 9.17) is 0 Å². The quantitative estimate of drug-likeness (QED) is 0.794. The van der Waals surface area contributed by atoms with E-state index in [0.29, 0.717) is 25.4 Å². The van der Waals surface area contributed by atoms with E-state index in [1.54, 1.807) is 4.90 Å². The van der Waals surface area contributed by atoms with Gasteiger partial charge in [0.25, 0.3) is 0 Å². The van der Waals surface area contributed by atoms with Crippen molar-refractivity contribution in [1.29, 1.82) is 0 Å². The Labute approximate surface area is 178 Å². The summed E-state index contributed by atoms with van der Waals surface area (Å²) in [5, 5.41) is 3.64. The Kier molecular flexibility index (Phi) is 4.30. The molecular weight excluding hydrogens is 376 g/mol. The summed E-state index contributed by atoms with van der Waals surface area (Å²) in [6, 6.07) is 7.85. The third-order valence-electron chi connectivity index (χ3n) is 7.14. The van der Waals surface area contributed by atoms with Crippen LogP contribution in [0.15, 0.2) is 24.3 Å². The number of benzene rings is 1. The number of carbonyl (C=O) groups is 2. The maximum absolute atomic E-state index is 13.5. The largest absolute Gasteiger partial charge is 0.357 e. The predicted octanol–water partition coefficient (Wildman–Crippen LogP) is 1.79. The van der Waals surface area contributed by atoms with Crippen LogP contribution in [-0.2, 0) is 22.6 Å². The number of para-hydroxylation sites is 1. The van der Waals surface area contributed by atoms with Gasteiger partial charge in [0.05, 0.1) is 24.2 Å². The topological polar surface area (TPSA) is 73.0 Å². The van der Waals surface area contributed by atoms with Gasteiger partial charge in [-0.25, -0.2) is 0 Å². The molecule has 6 nitrogen and oxygen atoms in total. The molecule has 2 amide bonds. The maximum atomic E-state index is 13.5. The van der Waals surface area contributed by atoms with Crippen LogP contribution in [0, 0.1) is 5.92 Å². The number of fused-ring (bicyclic) bond motifs is 4. The average molecular weight is 410 g/mol. The second kappa shape index (κ2) is 6.58. The van der Waals surface area contributed by atoms with E-state index in [-0.39, 0.29) is 35.5 Å². The van der Waals surface area contributed by atoms with Crippen molar-refractivity contribution in [3.05, 3.63) is 35.5 Å². The Morgan fingerprint density at radius 2 is 1.77 bits per heavy atom. The van der Waals surface area contributed by atoms with Gasteiger partial charge in [0.15, 0.2) is 0 Å². The molecule has 3 N–H and O–H groups in total. The van der Waals surface area contributed by atoms with Crippen molar-refractivity contribution < 1.29 is 14.9 Å². The van der Waals surface area contributed by atoms with Crippen LogP contribution in [0.25, 0.3) is 10.9 Å². The zero-order chi connectivity index (χ0) is 21.3. The normalized spacial score (nSPS) is 26.1. The summed E-state index contributed by atoms with van der Waals surface area (Å²) in [5.74, 6) is 0.621.